The highest BCUT2D eigenvalue weighted by Gasteiger charge is 2.37. The number of amides is 2. The Balaban J connectivity index is 1.12. The van der Waals surface area contributed by atoms with Crippen molar-refractivity contribution in [2.24, 2.45) is 11.8 Å². The van der Waals surface area contributed by atoms with Gasteiger partial charge in [-0.05, 0) is 47.9 Å². The standard InChI is InChI=1S/C27H30N2O6/c30-25(29-18-10-9-16(13-18)26(31)32)24-17(11-12-34-24)14-28-27(33)35-15-23-21-7-3-1-5-19(21)20-6-2-4-8-22(20)23/h1-8,16-18,23-24H,9-15H2,(H,28,33)(H,29,30)(H,31,32)/t16?,17-,18?,24-/m0/s1. The van der Waals surface area contributed by atoms with Crippen LogP contribution in [-0.2, 0) is 19.1 Å². The largest absolute Gasteiger partial charge is 0.481 e. The second-order valence-corrected chi connectivity index (χ2v) is 9.60. The molecule has 0 aromatic heterocycles. The van der Waals surface area contributed by atoms with Gasteiger partial charge in [-0.15, -0.1) is 0 Å². The Kier molecular flexibility index (Phi) is 6.72. The fraction of sp³-hybridized carbons (Fsp3) is 0.444. The molecule has 5 rings (SSSR count). The summed E-state index contributed by atoms with van der Waals surface area (Å²) in [6.07, 6.45) is 1.14. The summed E-state index contributed by atoms with van der Waals surface area (Å²) in [4.78, 5) is 36.4. The average molecular weight is 479 g/mol. The number of rotatable bonds is 7. The number of carbonyl (C=O) groups is 3. The molecule has 3 aliphatic rings. The highest BCUT2D eigenvalue weighted by Crippen LogP contribution is 2.44. The van der Waals surface area contributed by atoms with E-state index in [1.807, 2.05) is 24.3 Å². The normalized spacial score (nSPS) is 25.0. The zero-order valence-electron chi connectivity index (χ0n) is 19.4. The summed E-state index contributed by atoms with van der Waals surface area (Å²) in [5.74, 6) is -1.63. The molecule has 0 bridgehead atoms. The quantitative estimate of drug-likeness (QED) is 0.563. The Morgan fingerprint density at radius 3 is 2.31 bits per heavy atom. The van der Waals surface area contributed by atoms with Crippen LogP contribution in [0.25, 0.3) is 11.1 Å². The minimum atomic E-state index is -0.816. The van der Waals surface area contributed by atoms with Crippen LogP contribution < -0.4 is 10.6 Å². The molecule has 2 fully saturated rings. The number of hydrogen-bond acceptors (Lipinski definition) is 5. The van der Waals surface area contributed by atoms with Crippen LogP contribution in [0.1, 0.15) is 42.7 Å². The minimum Gasteiger partial charge on any atom is -0.481 e. The van der Waals surface area contributed by atoms with Gasteiger partial charge >= 0.3 is 12.1 Å². The predicted molar refractivity (Wildman–Crippen MR) is 128 cm³/mol. The molecule has 2 unspecified atom stereocenters. The third-order valence-corrected chi connectivity index (χ3v) is 7.45. The van der Waals surface area contributed by atoms with Crippen molar-refractivity contribution >= 4 is 18.0 Å². The summed E-state index contributed by atoms with van der Waals surface area (Å²) in [6.45, 7) is 0.950. The van der Waals surface area contributed by atoms with Crippen molar-refractivity contribution in [3.05, 3.63) is 59.7 Å². The molecule has 2 aromatic carbocycles. The third-order valence-electron chi connectivity index (χ3n) is 7.45. The van der Waals surface area contributed by atoms with Crippen LogP contribution in [0.15, 0.2) is 48.5 Å². The van der Waals surface area contributed by atoms with Gasteiger partial charge in [0.05, 0.1) is 5.92 Å². The molecule has 8 heteroatoms. The van der Waals surface area contributed by atoms with Gasteiger partial charge in [-0.2, -0.15) is 0 Å². The average Bonchev–Trinajstić information content (AvgIpc) is 3.59. The van der Waals surface area contributed by atoms with Crippen LogP contribution in [0.5, 0.6) is 0 Å². The number of carbonyl (C=O) groups excluding carboxylic acids is 2. The third kappa shape index (κ3) is 4.89. The minimum absolute atomic E-state index is 0.0115. The molecule has 8 nitrogen and oxygen atoms in total. The first-order chi connectivity index (χ1) is 17.0. The lowest BCUT2D eigenvalue weighted by molar-refractivity contribution is -0.141. The number of alkyl carbamates (subject to hydrolysis) is 1. The summed E-state index contributed by atoms with van der Waals surface area (Å²) in [5, 5.41) is 14.9. The first-order valence-corrected chi connectivity index (χ1v) is 12.2. The molecule has 4 atom stereocenters. The fourth-order valence-corrected chi connectivity index (χ4v) is 5.62. The van der Waals surface area contributed by atoms with Crippen LogP contribution in [0.3, 0.4) is 0 Å². The molecule has 0 radical (unpaired) electrons. The lowest BCUT2D eigenvalue weighted by Crippen LogP contribution is -2.45. The number of fused-ring (bicyclic) bond motifs is 3. The lowest BCUT2D eigenvalue weighted by Gasteiger charge is -2.21. The highest BCUT2D eigenvalue weighted by atomic mass is 16.5. The van der Waals surface area contributed by atoms with E-state index in [1.165, 1.54) is 11.1 Å². The van der Waals surface area contributed by atoms with Crippen molar-refractivity contribution in [2.75, 3.05) is 19.8 Å². The van der Waals surface area contributed by atoms with Crippen molar-refractivity contribution in [1.82, 2.24) is 10.6 Å². The molecule has 1 saturated heterocycles. The smallest absolute Gasteiger partial charge is 0.407 e. The Bertz CT molecular complexity index is 1070. The van der Waals surface area contributed by atoms with Gasteiger partial charge in [0.1, 0.15) is 12.7 Å². The summed E-state index contributed by atoms with van der Waals surface area (Å²) >= 11 is 0. The van der Waals surface area contributed by atoms with Gasteiger partial charge in [0.25, 0.3) is 0 Å². The van der Waals surface area contributed by atoms with Gasteiger partial charge in [0, 0.05) is 31.0 Å². The number of carboxylic acid groups (broad SMARTS) is 1. The monoisotopic (exact) mass is 478 g/mol. The van der Waals surface area contributed by atoms with E-state index < -0.39 is 24.1 Å². The zero-order valence-corrected chi connectivity index (χ0v) is 19.4. The van der Waals surface area contributed by atoms with E-state index >= 15 is 0 Å². The maximum absolute atomic E-state index is 12.7. The maximum atomic E-state index is 12.7. The Labute approximate surface area is 204 Å². The molecule has 1 aliphatic heterocycles. The topological polar surface area (TPSA) is 114 Å². The predicted octanol–water partition coefficient (Wildman–Crippen LogP) is 3.30. The molecule has 35 heavy (non-hydrogen) atoms. The fourth-order valence-electron chi connectivity index (χ4n) is 5.62. The molecule has 1 saturated carbocycles. The zero-order chi connectivity index (χ0) is 24.4. The van der Waals surface area contributed by atoms with E-state index in [0.29, 0.717) is 32.3 Å². The summed E-state index contributed by atoms with van der Waals surface area (Å²) in [7, 11) is 0. The number of aliphatic carboxylic acids is 1. The molecule has 3 N–H and O–H groups in total. The van der Waals surface area contributed by atoms with Gasteiger partial charge in [0.15, 0.2) is 0 Å². The van der Waals surface area contributed by atoms with Crippen molar-refractivity contribution in [1.29, 1.82) is 0 Å². The second kappa shape index (κ2) is 10.1. The molecule has 2 aliphatic carbocycles. The number of nitrogens with one attached hydrogen (secondary N) is 2. The Hall–Kier alpha value is -3.39. The van der Waals surface area contributed by atoms with E-state index in [4.69, 9.17) is 14.6 Å². The summed E-state index contributed by atoms with van der Waals surface area (Å²) < 4.78 is 11.2. The highest BCUT2D eigenvalue weighted by molar-refractivity contribution is 5.82. The van der Waals surface area contributed by atoms with E-state index in [2.05, 4.69) is 34.9 Å². The van der Waals surface area contributed by atoms with Gasteiger partial charge in [-0.25, -0.2) is 4.79 Å². The Morgan fingerprint density at radius 2 is 1.66 bits per heavy atom. The van der Waals surface area contributed by atoms with Crippen molar-refractivity contribution in [2.45, 2.75) is 43.7 Å². The maximum Gasteiger partial charge on any atom is 0.407 e. The van der Waals surface area contributed by atoms with Crippen LogP contribution in [0.2, 0.25) is 0 Å². The molecular formula is C27H30N2O6. The van der Waals surface area contributed by atoms with Crippen LogP contribution in [0.4, 0.5) is 4.79 Å². The van der Waals surface area contributed by atoms with E-state index in [0.717, 1.165) is 11.1 Å². The van der Waals surface area contributed by atoms with Gasteiger partial charge in [0.2, 0.25) is 5.91 Å². The van der Waals surface area contributed by atoms with E-state index in [1.54, 1.807) is 0 Å². The number of hydrogen-bond donors (Lipinski definition) is 3. The first kappa shape index (κ1) is 23.4. The van der Waals surface area contributed by atoms with Gasteiger partial charge in [-0.3, -0.25) is 9.59 Å². The number of carboxylic acids is 1. The lowest BCUT2D eigenvalue weighted by atomic mass is 9.98. The van der Waals surface area contributed by atoms with E-state index in [-0.39, 0.29) is 36.9 Å². The first-order valence-electron chi connectivity index (χ1n) is 12.2. The van der Waals surface area contributed by atoms with Gasteiger partial charge in [-0.1, -0.05) is 48.5 Å². The molecule has 1 heterocycles. The number of benzene rings is 2. The molecule has 2 aromatic rings. The van der Waals surface area contributed by atoms with Crippen LogP contribution in [-0.4, -0.2) is 55.0 Å². The Morgan fingerprint density at radius 1 is 0.971 bits per heavy atom. The van der Waals surface area contributed by atoms with Crippen molar-refractivity contribution in [3.8, 4) is 11.1 Å². The van der Waals surface area contributed by atoms with Crippen molar-refractivity contribution < 1.29 is 29.0 Å². The van der Waals surface area contributed by atoms with Crippen LogP contribution in [0, 0.1) is 11.8 Å². The molecule has 0 spiro atoms. The SMILES string of the molecule is O=C(NC[C@@H]1CCO[C@@H]1C(=O)NC1CCC(C(=O)O)C1)OCC1c2ccccc2-c2ccccc21. The van der Waals surface area contributed by atoms with Crippen molar-refractivity contribution in [3.63, 3.8) is 0 Å². The number of ether oxygens (including phenoxy) is 2. The van der Waals surface area contributed by atoms with Crippen LogP contribution >= 0.6 is 0 Å². The molecule has 2 amide bonds. The summed E-state index contributed by atoms with van der Waals surface area (Å²) in [5.41, 5.74) is 4.65. The molecular weight excluding hydrogens is 448 g/mol. The van der Waals surface area contributed by atoms with E-state index in [9.17, 15) is 14.4 Å². The molecule has 184 valence electrons. The summed E-state index contributed by atoms with van der Waals surface area (Å²) in [6, 6.07) is 16.2. The van der Waals surface area contributed by atoms with Gasteiger partial charge < -0.3 is 25.2 Å². The second-order valence-electron chi connectivity index (χ2n) is 9.60.